The molecule has 7 heteroatoms. The molecule has 0 spiro atoms. The first kappa shape index (κ1) is 14.8. The van der Waals surface area contributed by atoms with Crippen molar-refractivity contribution >= 4 is 55.0 Å². The molecule has 0 atom stereocenters. The van der Waals surface area contributed by atoms with Crippen molar-refractivity contribution in [1.82, 2.24) is 0 Å². The Morgan fingerprint density at radius 1 is 1.15 bits per heavy atom. The Morgan fingerprint density at radius 3 is 2.55 bits per heavy atom. The fraction of sp³-hybridized carbons (Fsp3) is 0. The smallest absolute Gasteiger partial charge is 0.323 e. The summed E-state index contributed by atoms with van der Waals surface area (Å²) < 4.78 is 14.4. The van der Waals surface area contributed by atoms with E-state index < -0.39 is 11.8 Å². The molecule has 0 aromatic heterocycles. The molecule has 2 rings (SSSR count). The predicted molar refractivity (Wildman–Crippen MR) is 85.3 cm³/mol. The van der Waals surface area contributed by atoms with Crippen LogP contribution in [0.5, 0.6) is 0 Å². The van der Waals surface area contributed by atoms with Crippen LogP contribution in [0.15, 0.2) is 45.3 Å². The lowest BCUT2D eigenvalue weighted by Crippen LogP contribution is -2.20. The van der Waals surface area contributed by atoms with E-state index in [1.807, 2.05) is 0 Å². The first-order valence-corrected chi connectivity index (χ1v) is 7.12. The number of benzene rings is 2. The first-order chi connectivity index (χ1) is 9.45. The van der Waals surface area contributed by atoms with Gasteiger partial charge in [0.2, 0.25) is 0 Å². The van der Waals surface area contributed by atoms with Crippen molar-refractivity contribution in [3.05, 3.63) is 51.2 Å². The van der Waals surface area contributed by atoms with Gasteiger partial charge in [-0.3, -0.25) is 0 Å². The van der Waals surface area contributed by atoms with Crippen molar-refractivity contribution in [2.45, 2.75) is 0 Å². The summed E-state index contributed by atoms with van der Waals surface area (Å²) in [7, 11) is 0. The third-order valence-corrected chi connectivity index (χ3v) is 3.49. The highest BCUT2D eigenvalue weighted by molar-refractivity contribution is 9.11. The fourth-order valence-electron chi connectivity index (χ4n) is 1.57. The van der Waals surface area contributed by atoms with E-state index in [-0.39, 0.29) is 0 Å². The molecule has 2 amide bonds. The molecular formula is C13H10Br2FN3O. The number of carbonyl (C=O) groups excluding carboxylic acids is 1. The molecule has 104 valence electrons. The number of nitrogens with one attached hydrogen (secondary N) is 2. The Labute approximate surface area is 131 Å². The van der Waals surface area contributed by atoms with Gasteiger partial charge in [0.15, 0.2) is 0 Å². The molecule has 4 nitrogen and oxygen atoms in total. The molecule has 0 aliphatic carbocycles. The summed E-state index contributed by atoms with van der Waals surface area (Å²) in [6.07, 6.45) is 0. The van der Waals surface area contributed by atoms with Crippen LogP contribution in [-0.4, -0.2) is 6.03 Å². The van der Waals surface area contributed by atoms with E-state index in [2.05, 4.69) is 42.5 Å². The highest BCUT2D eigenvalue weighted by Crippen LogP contribution is 2.32. The zero-order valence-electron chi connectivity index (χ0n) is 10.1. The average Bonchev–Trinajstić information content (AvgIpc) is 2.33. The van der Waals surface area contributed by atoms with E-state index in [1.54, 1.807) is 18.2 Å². The minimum atomic E-state index is -0.509. The highest BCUT2D eigenvalue weighted by atomic mass is 79.9. The molecule has 0 bridgehead atoms. The molecule has 2 aromatic rings. The van der Waals surface area contributed by atoms with Crippen LogP contribution >= 0.6 is 31.9 Å². The minimum Gasteiger partial charge on any atom is -0.397 e. The quantitative estimate of drug-likeness (QED) is 0.643. The van der Waals surface area contributed by atoms with Gasteiger partial charge in [0, 0.05) is 14.6 Å². The van der Waals surface area contributed by atoms with Gasteiger partial charge in [0.1, 0.15) is 5.82 Å². The molecule has 0 aliphatic rings. The van der Waals surface area contributed by atoms with Crippen LogP contribution in [0.4, 0.5) is 26.2 Å². The number of rotatable bonds is 2. The van der Waals surface area contributed by atoms with Crippen LogP contribution in [0.3, 0.4) is 0 Å². The van der Waals surface area contributed by atoms with Crippen LogP contribution in [0.25, 0.3) is 0 Å². The standard InChI is InChI=1S/C13H10Br2FN3O/c14-7-4-10(15)12(11(17)5-7)19-13(20)18-9-3-1-2-8(16)6-9/h1-6H,17H2,(H2,18,19,20). The summed E-state index contributed by atoms with van der Waals surface area (Å²) in [6.45, 7) is 0. The number of halogens is 3. The molecule has 0 radical (unpaired) electrons. The average molecular weight is 403 g/mol. The van der Waals surface area contributed by atoms with Crippen LogP contribution in [0, 0.1) is 5.82 Å². The maximum Gasteiger partial charge on any atom is 0.323 e. The van der Waals surface area contributed by atoms with Gasteiger partial charge < -0.3 is 16.4 Å². The Morgan fingerprint density at radius 2 is 1.90 bits per heavy atom. The van der Waals surface area contributed by atoms with Gasteiger partial charge >= 0.3 is 6.03 Å². The largest absolute Gasteiger partial charge is 0.397 e. The Hall–Kier alpha value is -1.60. The van der Waals surface area contributed by atoms with Gasteiger partial charge in [0.05, 0.1) is 11.4 Å². The summed E-state index contributed by atoms with van der Waals surface area (Å²) in [6, 6.07) is 8.53. The number of nitrogens with two attached hydrogens (primary N) is 1. The van der Waals surface area contributed by atoms with Gasteiger partial charge in [-0.15, -0.1) is 0 Å². The molecule has 20 heavy (non-hydrogen) atoms. The number of carbonyl (C=O) groups is 1. The summed E-state index contributed by atoms with van der Waals surface area (Å²) in [5.41, 5.74) is 7.03. The van der Waals surface area contributed by atoms with Gasteiger partial charge in [-0.05, 0) is 46.3 Å². The molecular weight excluding hydrogens is 393 g/mol. The number of nitrogen functional groups attached to an aromatic ring is 1. The number of urea groups is 1. The van der Waals surface area contributed by atoms with Crippen molar-refractivity contribution in [3.63, 3.8) is 0 Å². The summed E-state index contributed by atoms with van der Waals surface area (Å²) in [4.78, 5) is 11.8. The molecule has 0 aliphatic heterocycles. The number of anilines is 3. The molecule has 0 saturated carbocycles. The molecule has 4 N–H and O–H groups in total. The molecule has 0 heterocycles. The Kier molecular flexibility index (Phi) is 4.61. The van der Waals surface area contributed by atoms with Crippen molar-refractivity contribution in [2.24, 2.45) is 0 Å². The van der Waals surface area contributed by atoms with Crippen LogP contribution in [0.2, 0.25) is 0 Å². The van der Waals surface area contributed by atoms with Gasteiger partial charge in [-0.2, -0.15) is 0 Å². The summed E-state index contributed by atoms with van der Waals surface area (Å²) in [5, 5.41) is 5.13. The van der Waals surface area contributed by atoms with E-state index in [9.17, 15) is 9.18 Å². The van der Waals surface area contributed by atoms with E-state index in [1.165, 1.54) is 18.2 Å². The zero-order chi connectivity index (χ0) is 14.7. The molecule has 2 aromatic carbocycles. The topological polar surface area (TPSA) is 67.1 Å². The summed E-state index contributed by atoms with van der Waals surface area (Å²) >= 11 is 6.61. The van der Waals surface area contributed by atoms with Crippen LogP contribution < -0.4 is 16.4 Å². The van der Waals surface area contributed by atoms with Crippen molar-refractivity contribution < 1.29 is 9.18 Å². The Bertz CT molecular complexity index is 641. The Balaban J connectivity index is 2.13. The third kappa shape index (κ3) is 3.71. The number of hydrogen-bond donors (Lipinski definition) is 3. The second-order valence-electron chi connectivity index (χ2n) is 3.94. The zero-order valence-corrected chi connectivity index (χ0v) is 13.3. The fourth-order valence-corrected chi connectivity index (χ4v) is 2.92. The van der Waals surface area contributed by atoms with Gasteiger partial charge in [-0.25, -0.2) is 9.18 Å². The second-order valence-corrected chi connectivity index (χ2v) is 5.71. The molecule has 0 fully saturated rings. The summed E-state index contributed by atoms with van der Waals surface area (Å²) in [5.74, 6) is -0.424. The monoisotopic (exact) mass is 401 g/mol. The lowest BCUT2D eigenvalue weighted by Gasteiger charge is -2.12. The maximum absolute atomic E-state index is 13.0. The normalized spacial score (nSPS) is 10.2. The lowest BCUT2D eigenvalue weighted by molar-refractivity contribution is 0.262. The number of hydrogen-bond acceptors (Lipinski definition) is 2. The molecule has 0 saturated heterocycles. The first-order valence-electron chi connectivity index (χ1n) is 5.54. The lowest BCUT2D eigenvalue weighted by atomic mass is 10.2. The van der Waals surface area contributed by atoms with E-state index in [0.29, 0.717) is 21.5 Å². The van der Waals surface area contributed by atoms with Gasteiger partial charge in [0.25, 0.3) is 0 Å². The predicted octanol–water partition coefficient (Wildman–Crippen LogP) is 4.58. The second kappa shape index (κ2) is 6.23. The van der Waals surface area contributed by atoms with Gasteiger partial charge in [-0.1, -0.05) is 22.0 Å². The number of amides is 2. The van der Waals surface area contributed by atoms with Crippen molar-refractivity contribution in [3.8, 4) is 0 Å². The SMILES string of the molecule is Nc1cc(Br)cc(Br)c1NC(=O)Nc1cccc(F)c1. The van der Waals surface area contributed by atoms with E-state index in [4.69, 9.17) is 5.73 Å². The van der Waals surface area contributed by atoms with Crippen LogP contribution in [0.1, 0.15) is 0 Å². The maximum atomic E-state index is 13.0. The van der Waals surface area contributed by atoms with Crippen molar-refractivity contribution in [2.75, 3.05) is 16.4 Å². The highest BCUT2D eigenvalue weighted by Gasteiger charge is 2.10. The van der Waals surface area contributed by atoms with Crippen LogP contribution in [-0.2, 0) is 0 Å². The van der Waals surface area contributed by atoms with Crippen molar-refractivity contribution in [1.29, 1.82) is 0 Å². The minimum absolute atomic E-state index is 0.356. The third-order valence-electron chi connectivity index (χ3n) is 2.41. The van der Waals surface area contributed by atoms with E-state index in [0.717, 1.165) is 4.47 Å². The van der Waals surface area contributed by atoms with E-state index >= 15 is 0 Å². The molecule has 0 unspecified atom stereocenters.